The molecule has 1 aromatic heterocycles. The second-order valence-electron chi connectivity index (χ2n) is 6.36. The molecule has 8 nitrogen and oxygen atoms in total. The van der Waals surface area contributed by atoms with E-state index < -0.39 is 16.7 Å². The van der Waals surface area contributed by atoms with Gasteiger partial charge in [0.1, 0.15) is 5.00 Å². The molecule has 0 aliphatic carbocycles. The lowest BCUT2D eigenvalue weighted by molar-refractivity contribution is -0.384. The average Bonchev–Trinajstić information content (AvgIpc) is 3.03. The van der Waals surface area contributed by atoms with Crippen LogP contribution in [0.1, 0.15) is 33.3 Å². The van der Waals surface area contributed by atoms with E-state index in [1.807, 2.05) is 0 Å². The summed E-state index contributed by atoms with van der Waals surface area (Å²) in [5.74, 6) is -0.941. The number of nitro benzene ring substituents is 1. The fourth-order valence-electron chi connectivity index (χ4n) is 3.11. The number of benzene rings is 1. The Morgan fingerprint density at radius 3 is 2.68 bits per heavy atom. The third kappa shape index (κ3) is 4.26. The average molecular weight is 400 g/mol. The van der Waals surface area contributed by atoms with Crippen molar-refractivity contribution in [1.29, 1.82) is 0 Å². The fraction of sp³-hybridized carbons (Fsp3) is 0.263. The van der Waals surface area contributed by atoms with Gasteiger partial charge in [0.15, 0.2) is 0 Å². The summed E-state index contributed by atoms with van der Waals surface area (Å²) in [5, 5.41) is 13.9. The van der Waals surface area contributed by atoms with Crippen LogP contribution in [0.25, 0.3) is 6.08 Å². The van der Waals surface area contributed by atoms with Gasteiger partial charge in [-0.3, -0.25) is 24.6 Å². The molecule has 3 N–H and O–H groups in total. The van der Waals surface area contributed by atoms with Crippen molar-refractivity contribution in [2.75, 3.05) is 18.4 Å². The van der Waals surface area contributed by atoms with Crippen LogP contribution in [0.2, 0.25) is 0 Å². The molecule has 2 amide bonds. The monoisotopic (exact) mass is 400 g/mol. The van der Waals surface area contributed by atoms with Crippen LogP contribution in [0.5, 0.6) is 0 Å². The molecule has 0 saturated heterocycles. The van der Waals surface area contributed by atoms with Crippen LogP contribution >= 0.6 is 11.3 Å². The molecule has 0 saturated carbocycles. The second kappa shape index (κ2) is 8.32. The van der Waals surface area contributed by atoms with Gasteiger partial charge >= 0.3 is 0 Å². The third-order valence-electron chi connectivity index (χ3n) is 4.60. The smallest absolute Gasteiger partial charge is 0.269 e. The molecule has 1 aromatic carbocycles. The zero-order valence-corrected chi connectivity index (χ0v) is 16.1. The lowest BCUT2D eigenvalue weighted by atomic mass is 10.0. The molecule has 2 aromatic rings. The van der Waals surface area contributed by atoms with Crippen molar-refractivity contribution in [3.63, 3.8) is 0 Å². The second-order valence-corrected chi connectivity index (χ2v) is 7.47. The van der Waals surface area contributed by atoms with Crippen LogP contribution in [0.4, 0.5) is 10.7 Å². The van der Waals surface area contributed by atoms with Crippen molar-refractivity contribution >= 4 is 39.9 Å². The van der Waals surface area contributed by atoms with Gasteiger partial charge in [-0.05, 0) is 42.3 Å². The number of nitro groups is 1. The Morgan fingerprint density at radius 1 is 1.36 bits per heavy atom. The topological polar surface area (TPSA) is 119 Å². The lowest BCUT2D eigenvalue weighted by Gasteiger charge is -2.25. The largest absolute Gasteiger partial charge is 0.365 e. The maximum atomic E-state index is 12.3. The summed E-state index contributed by atoms with van der Waals surface area (Å²) in [4.78, 5) is 37.8. The summed E-state index contributed by atoms with van der Waals surface area (Å²) in [6.07, 6.45) is 3.60. The molecule has 1 aliphatic heterocycles. The van der Waals surface area contributed by atoms with Crippen LogP contribution in [0.3, 0.4) is 0 Å². The first-order valence-electron chi connectivity index (χ1n) is 8.79. The van der Waals surface area contributed by atoms with E-state index in [0.717, 1.165) is 36.5 Å². The highest BCUT2D eigenvalue weighted by atomic mass is 32.1. The first kappa shape index (κ1) is 19.7. The minimum atomic E-state index is -0.544. The molecule has 0 fully saturated rings. The van der Waals surface area contributed by atoms with Crippen molar-refractivity contribution in [1.82, 2.24) is 4.90 Å². The quantitative estimate of drug-likeness (QED) is 0.439. The van der Waals surface area contributed by atoms with Gasteiger partial charge in [0.05, 0.1) is 10.5 Å². The number of fused-ring (bicyclic) bond motifs is 1. The van der Waals surface area contributed by atoms with E-state index >= 15 is 0 Å². The number of nitrogens with two attached hydrogens (primary N) is 1. The Hall–Kier alpha value is -3.04. The summed E-state index contributed by atoms with van der Waals surface area (Å²) in [6, 6.07) is 5.85. The van der Waals surface area contributed by atoms with Crippen LogP contribution in [-0.2, 0) is 17.8 Å². The van der Waals surface area contributed by atoms with E-state index in [1.165, 1.54) is 29.5 Å². The maximum absolute atomic E-state index is 12.3. The zero-order chi connectivity index (χ0) is 20.3. The molecule has 9 heteroatoms. The molecule has 2 heterocycles. The number of amides is 2. The third-order valence-corrected chi connectivity index (χ3v) is 5.73. The van der Waals surface area contributed by atoms with Gasteiger partial charge in [-0.15, -0.1) is 11.3 Å². The van der Waals surface area contributed by atoms with Crippen molar-refractivity contribution in [2.24, 2.45) is 5.73 Å². The molecule has 0 unspecified atom stereocenters. The fourth-order valence-corrected chi connectivity index (χ4v) is 4.41. The molecule has 0 atom stereocenters. The number of carbonyl (C=O) groups excluding carboxylic acids is 2. The highest BCUT2D eigenvalue weighted by molar-refractivity contribution is 7.17. The number of hydrogen-bond donors (Lipinski definition) is 2. The molecule has 0 bridgehead atoms. The van der Waals surface area contributed by atoms with E-state index in [2.05, 4.69) is 17.1 Å². The van der Waals surface area contributed by atoms with Gasteiger partial charge in [0, 0.05) is 36.2 Å². The van der Waals surface area contributed by atoms with Gasteiger partial charge < -0.3 is 11.1 Å². The number of hydrogen-bond acceptors (Lipinski definition) is 6. The maximum Gasteiger partial charge on any atom is 0.269 e. The Balaban J connectivity index is 1.75. The number of thiophene rings is 1. The standard InChI is InChI=1S/C19H20N4O4S/c1-2-22-10-9-14-15(11-22)28-19(17(14)18(20)25)21-16(24)8-5-12-3-6-13(7-4-12)23(26)27/h3-8H,2,9-11H2,1H3,(H2,20,25)(H,21,24). The van der Waals surface area contributed by atoms with Crippen molar-refractivity contribution in [3.8, 4) is 0 Å². The van der Waals surface area contributed by atoms with E-state index in [-0.39, 0.29) is 5.69 Å². The normalized spacial score (nSPS) is 14.0. The van der Waals surface area contributed by atoms with E-state index in [1.54, 1.807) is 18.2 Å². The zero-order valence-electron chi connectivity index (χ0n) is 15.3. The summed E-state index contributed by atoms with van der Waals surface area (Å²) in [7, 11) is 0. The van der Waals surface area contributed by atoms with Crippen molar-refractivity contribution < 1.29 is 14.5 Å². The Bertz CT molecular complexity index is 950. The molecular weight excluding hydrogens is 380 g/mol. The minimum Gasteiger partial charge on any atom is -0.365 e. The molecule has 0 spiro atoms. The Kier molecular flexibility index (Phi) is 5.86. The number of likely N-dealkylation sites (N-methyl/N-ethyl adjacent to an activating group) is 1. The van der Waals surface area contributed by atoms with Gasteiger partial charge in [-0.25, -0.2) is 0 Å². The number of nitrogens with one attached hydrogen (secondary N) is 1. The van der Waals surface area contributed by atoms with Gasteiger partial charge in [-0.1, -0.05) is 6.92 Å². The highest BCUT2D eigenvalue weighted by Gasteiger charge is 2.26. The highest BCUT2D eigenvalue weighted by Crippen LogP contribution is 2.36. The molecule has 0 radical (unpaired) electrons. The van der Waals surface area contributed by atoms with E-state index in [0.29, 0.717) is 16.1 Å². The van der Waals surface area contributed by atoms with Gasteiger partial charge in [0.2, 0.25) is 5.91 Å². The number of primary amides is 1. The first-order chi connectivity index (χ1) is 13.4. The lowest BCUT2D eigenvalue weighted by Crippen LogP contribution is -2.30. The summed E-state index contributed by atoms with van der Waals surface area (Å²) >= 11 is 1.38. The molecule has 1 aliphatic rings. The summed E-state index contributed by atoms with van der Waals surface area (Å²) in [6.45, 7) is 4.60. The predicted octanol–water partition coefficient (Wildman–Crippen LogP) is 2.79. The van der Waals surface area contributed by atoms with Crippen molar-refractivity contribution in [3.05, 3.63) is 62.0 Å². The Morgan fingerprint density at radius 2 is 2.07 bits per heavy atom. The molecule has 28 heavy (non-hydrogen) atoms. The first-order valence-corrected chi connectivity index (χ1v) is 9.61. The van der Waals surface area contributed by atoms with Crippen LogP contribution in [-0.4, -0.2) is 34.7 Å². The summed E-state index contributed by atoms with van der Waals surface area (Å²) in [5.41, 5.74) is 7.52. The number of rotatable bonds is 6. The van der Waals surface area contributed by atoms with Crippen molar-refractivity contribution in [2.45, 2.75) is 19.9 Å². The Labute approximate surface area is 165 Å². The van der Waals surface area contributed by atoms with Crippen LogP contribution < -0.4 is 11.1 Å². The van der Waals surface area contributed by atoms with Gasteiger partial charge in [-0.2, -0.15) is 0 Å². The number of carbonyl (C=O) groups is 2. The van der Waals surface area contributed by atoms with E-state index in [4.69, 9.17) is 5.73 Å². The predicted molar refractivity (Wildman–Crippen MR) is 108 cm³/mol. The molecule has 146 valence electrons. The SMILES string of the molecule is CCN1CCc2c(sc(NC(=O)C=Cc3ccc([N+](=O)[O-])cc3)c2C(N)=O)C1. The number of anilines is 1. The molecule has 3 rings (SSSR count). The number of non-ortho nitro benzene ring substituents is 1. The van der Waals surface area contributed by atoms with Crippen LogP contribution in [0.15, 0.2) is 30.3 Å². The van der Waals surface area contributed by atoms with Gasteiger partial charge in [0.25, 0.3) is 11.6 Å². The van der Waals surface area contributed by atoms with E-state index in [9.17, 15) is 19.7 Å². The molecular formula is C19H20N4O4S. The minimum absolute atomic E-state index is 0.0157. The summed E-state index contributed by atoms with van der Waals surface area (Å²) < 4.78 is 0. The number of nitrogens with zero attached hydrogens (tertiary/aromatic N) is 2. The van der Waals surface area contributed by atoms with Crippen LogP contribution in [0, 0.1) is 10.1 Å².